The Kier molecular flexibility index (Phi) is 5.55. The first-order valence-corrected chi connectivity index (χ1v) is 12.5. The molecule has 0 saturated carbocycles. The summed E-state index contributed by atoms with van der Waals surface area (Å²) in [7, 11) is 0. The molecule has 7 nitrogen and oxygen atoms in total. The van der Waals surface area contributed by atoms with Gasteiger partial charge in [0.15, 0.2) is 0 Å². The van der Waals surface area contributed by atoms with Crippen molar-refractivity contribution in [1.82, 2.24) is 10.3 Å². The van der Waals surface area contributed by atoms with E-state index < -0.39 is 41.1 Å². The molecule has 0 bridgehead atoms. The lowest BCUT2D eigenvalue weighted by atomic mass is 9.76. The lowest BCUT2D eigenvalue weighted by molar-refractivity contribution is -0.130. The van der Waals surface area contributed by atoms with Gasteiger partial charge in [0, 0.05) is 45.0 Å². The van der Waals surface area contributed by atoms with Crippen molar-refractivity contribution in [1.29, 1.82) is 0 Å². The second kappa shape index (κ2) is 8.43. The molecule has 2 aromatic carbocycles. The summed E-state index contributed by atoms with van der Waals surface area (Å²) in [6.07, 6.45) is 1.96. The lowest BCUT2D eigenvalue weighted by Crippen LogP contribution is -2.53. The van der Waals surface area contributed by atoms with Crippen LogP contribution in [0.5, 0.6) is 0 Å². The highest BCUT2D eigenvalue weighted by Gasteiger charge is 2.70. The molecule has 1 spiro atoms. The predicted octanol–water partition coefficient (Wildman–Crippen LogP) is 4.86. The number of carbonyl (C=O) groups is 3. The van der Waals surface area contributed by atoms with E-state index in [2.05, 4.69) is 15.6 Å². The zero-order chi connectivity index (χ0) is 25.4. The van der Waals surface area contributed by atoms with Gasteiger partial charge in [-0.15, -0.1) is 0 Å². The number of nitrogens with zero attached hydrogens (tertiary/aromatic N) is 2. The Hall–Kier alpha value is -2.68. The average Bonchev–Trinajstić information content (AvgIpc) is 3.39. The first-order valence-electron chi connectivity index (χ1n) is 11.0. The van der Waals surface area contributed by atoms with E-state index in [1.54, 1.807) is 18.3 Å². The van der Waals surface area contributed by atoms with Crippen molar-refractivity contribution in [2.24, 2.45) is 11.8 Å². The Morgan fingerprint density at radius 3 is 2.33 bits per heavy atom. The van der Waals surface area contributed by atoms with Crippen molar-refractivity contribution in [3.8, 4) is 0 Å². The number of amides is 3. The van der Waals surface area contributed by atoms with Crippen molar-refractivity contribution >= 4 is 75.5 Å². The minimum Gasteiger partial charge on any atom is -0.323 e. The highest BCUT2D eigenvalue weighted by Crippen LogP contribution is 2.55. The van der Waals surface area contributed by atoms with Gasteiger partial charge in [-0.2, -0.15) is 0 Å². The maximum Gasteiger partial charge on any atom is 0.250 e. The average molecular weight is 562 g/mol. The molecule has 4 unspecified atom stereocenters. The van der Waals surface area contributed by atoms with Gasteiger partial charge in [-0.3, -0.25) is 24.7 Å². The Morgan fingerprint density at radius 1 is 0.917 bits per heavy atom. The Labute approximate surface area is 225 Å². The van der Waals surface area contributed by atoms with Crippen LogP contribution in [0.2, 0.25) is 20.1 Å². The molecule has 1 aromatic heterocycles. The highest BCUT2D eigenvalue weighted by atomic mass is 35.5. The van der Waals surface area contributed by atoms with Crippen molar-refractivity contribution in [3.05, 3.63) is 86.1 Å². The number of hydrogen-bond acceptors (Lipinski definition) is 5. The fraction of sp³-hybridized carbons (Fsp3) is 0.200. The molecule has 11 heteroatoms. The number of aromatic nitrogens is 1. The third-order valence-corrected chi connectivity index (χ3v) is 7.95. The van der Waals surface area contributed by atoms with Gasteiger partial charge < -0.3 is 5.32 Å². The monoisotopic (exact) mass is 560 g/mol. The molecule has 182 valence electrons. The van der Waals surface area contributed by atoms with Gasteiger partial charge in [0.2, 0.25) is 17.7 Å². The third-order valence-electron chi connectivity index (χ3n) is 7.00. The van der Waals surface area contributed by atoms with Crippen LogP contribution in [-0.2, 0) is 26.3 Å². The predicted molar refractivity (Wildman–Crippen MR) is 138 cm³/mol. The number of halogens is 4. The van der Waals surface area contributed by atoms with Gasteiger partial charge in [0.05, 0.1) is 28.2 Å². The zero-order valence-corrected chi connectivity index (χ0v) is 21.3. The molecule has 36 heavy (non-hydrogen) atoms. The Bertz CT molecular complexity index is 1450. The van der Waals surface area contributed by atoms with Crippen molar-refractivity contribution in [3.63, 3.8) is 0 Å². The molecule has 2 fully saturated rings. The van der Waals surface area contributed by atoms with Gasteiger partial charge in [0.1, 0.15) is 5.54 Å². The summed E-state index contributed by atoms with van der Waals surface area (Å²) in [6, 6.07) is 12.5. The zero-order valence-electron chi connectivity index (χ0n) is 18.3. The quantitative estimate of drug-likeness (QED) is 0.445. The summed E-state index contributed by atoms with van der Waals surface area (Å²) < 4.78 is 0. The van der Waals surface area contributed by atoms with Crippen LogP contribution in [0.3, 0.4) is 0 Å². The SMILES string of the molecule is O=C1C2C(Cc3ccccn3)NC3(C(=O)Nc4c(Cl)cc(Cl)cc43)C2C(=O)N1c1cc(Cl)cc(Cl)c1. The summed E-state index contributed by atoms with van der Waals surface area (Å²) in [6.45, 7) is 0. The van der Waals surface area contributed by atoms with Gasteiger partial charge >= 0.3 is 0 Å². The van der Waals surface area contributed by atoms with E-state index >= 15 is 0 Å². The fourth-order valence-electron chi connectivity index (χ4n) is 5.67. The van der Waals surface area contributed by atoms with Crippen LogP contribution >= 0.6 is 46.4 Å². The molecule has 4 atom stereocenters. The van der Waals surface area contributed by atoms with Crippen LogP contribution < -0.4 is 15.5 Å². The standard InChI is InChI=1S/C25H16Cl4N4O3/c26-11-5-12(27)7-15(6-11)33-22(34)19-18(10-14-3-1-2-4-30-14)32-25(20(19)23(33)35)16-8-13(28)9-17(29)21(16)31-24(25)36/h1-9,18-20,32H,10H2,(H,31,36). The fourth-order valence-corrected chi connectivity index (χ4v) is 6.72. The first kappa shape index (κ1) is 23.7. The molecule has 6 rings (SSSR count). The van der Waals surface area contributed by atoms with Crippen LogP contribution in [0.4, 0.5) is 11.4 Å². The smallest absolute Gasteiger partial charge is 0.250 e. The summed E-state index contributed by atoms with van der Waals surface area (Å²) >= 11 is 25.1. The molecule has 3 aliphatic rings. The van der Waals surface area contributed by atoms with Crippen molar-refractivity contribution in [2.45, 2.75) is 18.0 Å². The van der Waals surface area contributed by atoms with Crippen molar-refractivity contribution in [2.75, 3.05) is 10.2 Å². The van der Waals surface area contributed by atoms with E-state index in [1.807, 2.05) is 12.1 Å². The van der Waals surface area contributed by atoms with Gasteiger partial charge in [0.25, 0.3) is 0 Å². The van der Waals surface area contributed by atoms with E-state index in [4.69, 9.17) is 46.4 Å². The highest BCUT2D eigenvalue weighted by molar-refractivity contribution is 6.38. The van der Waals surface area contributed by atoms with Crippen LogP contribution in [0, 0.1) is 11.8 Å². The lowest BCUT2D eigenvalue weighted by Gasteiger charge is -2.29. The second-order valence-corrected chi connectivity index (χ2v) is 10.7. The molecular weight excluding hydrogens is 546 g/mol. The maximum absolute atomic E-state index is 14.0. The largest absolute Gasteiger partial charge is 0.323 e. The van der Waals surface area contributed by atoms with Crippen LogP contribution in [-0.4, -0.2) is 28.7 Å². The molecule has 3 aliphatic heterocycles. The number of rotatable bonds is 3. The number of carbonyl (C=O) groups excluding carboxylic acids is 3. The third kappa shape index (κ3) is 3.38. The minimum absolute atomic E-state index is 0.240. The minimum atomic E-state index is -1.56. The number of benzene rings is 2. The van der Waals surface area contributed by atoms with E-state index in [0.29, 0.717) is 28.4 Å². The van der Waals surface area contributed by atoms with Crippen molar-refractivity contribution < 1.29 is 14.4 Å². The van der Waals surface area contributed by atoms with Crippen LogP contribution in [0.1, 0.15) is 11.3 Å². The van der Waals surface area contributed by atoms with Gasteiger partial charge in [-0.05, 0) is 42.5 Å². The molecule has 4 heterocycles. The molecule has 0 radical (unpaired) electrons. The van der Waals surface area contributed by atoms with Crippen LogP contribution in [0.25, 0.3) is 0 Å². The molecule has 3 aromatic rings. The summed E-state index contributed by atoms with van der Waals surface area (Å²) in [4.78, 5) is 47.0. The van der Waals surface area contributed by atoms with E-state index in [-0.39, 0.29) is 20.8 Å². The normalized spacial score (nSPS) is 26.5. The molecule has 2 N–H and O–H groups in total. The molecule has 2 saturated heterocycles. The number of anilines is 2. The number of fused-ring (bicyclic) bond motifs is 4. The van der Waals surface area contributed by atoms with Crippen LogP contribution in [0.15, 0.2) is 54.7 Å². The topological polar surface area (TPSA) is 91.4 Å². The maximum atomic E-state index is 14.0. The first-order chi connectivity index (χ1) is 17.2. The van der Waals surface area contributed by atoms with E-state index in [0.717, 1.165) is 4.90 Å². The second-order valence-electron chi connectivity index (χ2n) is 8.99. The summed E-state index contributed by atoms with van der Waals surface area (Å²) in [5, 5.41) is 7.23. The molecular formula is C25H16Cl4N4O3. The Balaban J connectivity index is 1.53. The molecule has 0 aliphatic carbocycles. The summed E-state index contributed by atoms with van der Waals surface area (Å²) in [5.41, 5.74) is 0.179. The van der Waals surface area contributed by atoms with Gasteiger partial charge in [-0.1, -0.05) is 52.5 Å². The number of imide groups is 1. The van der Waals surface area contributed by atoms with E-state index in [9.17, 15) is 14.4 Å². The number of hydrogen-bond donors (Lipinski definition) is 2. The van der Waals surface area contributed by atoms with Gasteiger partial charge in [-0.25, -0.2) is 4.90 Å². The molecule has 3 amide bonds. The number of nitrogens with one attached hydrogen (secondary N) is 2. The Morgan fingerprint density at radius 2 is 1.64 bits per heavy atom. The number of pyridine rings is 1. The van der Waals surface area contributed by atoms with E-state index in [1.165, 1.54) is 24.3 Å². The summed E-state index contributed by atoms with van der Waals surface area (Å²) in [5.74, 6) is -3.41.